The SMILES string of the molecule is O=C(c1ccn(C2CCCNC2)n1)N(Cc1c(F)cccc1F)C1CCCC1. The Hall–Kier alpha value is -2.28. The van der Waals surface area contributed by atoms with E-state index in [1.165, 1.54) is 18.2 Å². The molecule has 7 heteroatoms. The van der Waals surface area contributed by atoms with Crippen molar-refractivity contribution < 1.29 is 13.6 Å². The van der Waals surface area contributed by atoms with E-state index in [4.69, 9.17) is 0 Å². The maximum absolute atomic E-state index is 14.2. The van der Waals surface area contributed by atoms with Gasteiger partial charge in [0.25, 0.3) is 5.91 Å². The normalized spacial score (nSPS) is 20.4. The summed E-state index contributed by atoms with van der Waals surface area (Å²) in [7, 11) is 0. The lowest BCUT2D eigenvalue weighted by Gasteiger charge is -2.29. The Morgan fingerprint density at radius 3 is 2.57 bits per heavy atom. The number of hydrogen-bond acceptors (Lipinski definition) is 3. The Kier molecular flexibility index (Phi) is 5.71. The van der Waals surface area contributed by atoms with E-state index >= 15 is 0 Å². The molecule has 2 aromatic rings. The number of carbonyl (C=O) groups excluding carboxylic acids is 1. The quantitative estimate of drug-likeness (QED) is 0.850. The molecule has 150 valence electrons. The summed E-state index contributed by atoms with van der Waals surface area (Å²) in [5.74, 6) is -1.48. The van der Waals surface area contributed by atoms with Crippen molar-refractivity contribution in [2.24, 2.45) is 0 Å². The van der Waals surface area contributed by atoms with Crippen LogP contribution in [0.3, 0.4) is 0 Å². The third-order valence-electron chi connectivity index (χ3n) is 5.89. The zero-order valence-electron chi connectivity index (χ0n) is 15.9. The minimum atomic E-state index is -0.616. The zero-order chi connectivity index (χ0) is 19.5. The first-order chi connectivity index (χ1) is 13.6. The number of hydrogen-bond donors (Lipinski definition) is 1. The van der Waals surface area contributed by atoms with Crippen molar-refractivity contribution in [3.8, 4) is 0 Å². The Morgan fingerprint density at radius 1 is 1.14 bits per heavy atom. The molecule has 1 amide bonds. The van der Waals surface area contributed by atoms with E-state index in [0.29, 0.717) is 5.69 Å². The van der Waals surface area contributed by atoms with Gasteiger partial charge in [-0.05, 0) is 50.4 Å². The van der Waals surface area contributed by atoms with Crippen LogP contribution >= 0.6 is 0 Å². The number of aromatic nitrogens is 2. The number of halogens is 2. The molecule has 1 unspecified atom stereocenters. The second-order valence-corrected chi connectivity index (χ2v) is 7.75. The average molecular weight is 388 g/mol. The highest BCUT2D eigenvalue weighted by Gasteiger charge is 2.30. The van der Waals surface area contributed by atoms with Crippen molar-refractivity contribution in [1.82, 2.24) is 20.0 Å². The number of benzene rings is 1. The van der Waals surface area contributed by atoms with Crippen LogP contribution in [0.4, 0.5) is 8.78 Å². The van der Waals surface area contributed by atoms with E-state index in [0.717, 1.165) is 51.6 Å². The van der Waals surface area contributed by atoms with Gasteiger partial charge in [-0.1, -0.05) is 18.9 Å². The Morgan fingerprint density at radius 2 is 1.89 bits per heavy atom. The van der Waals surface area contributed by atoms with Gasteiger partial charge in [-0.3, -0.25) is 9.48 Å². The molecule has 0 spiro atoms. The predicted octanol–water partition coefficient (Wildman–Crippen LogP) is 3.67. The van der Waals surface area contributed by atoms with Crippen LogP contribution in [0.25, 0.3) is 0 Å². The van der Waals surface area contributed by atoms with Crippen molar-refractivity contribution in [1.29, 1.82) is 0 Å². The molecule has 5 nitrogen and oxygen atoms in total. The van der Waals surface area contributed by atoms with Gasteiger partial charge in [0.15, 0.2) is 0 Å². The third-order valence-corrected chi connectivity index (χ3v) is 5.89. The van der Waals surface area contributed by atoms with Gasteiger partial charge in [-0.25, -0.2) is 8.78 Å². The molecular weight excluding hydrogens is 362 g/mol. The first-order valence-corrected chi connectivity index (χ1v) is 10.1. The van der Waals surface area contributed by atoms with Gasteiger partial charge in [0.2, 0.25) is 0 Å². The van der Waals surface area contributed by atoms with Crippen LogP contribution in [0, 0.1) is 11.6 Å². The van der Waals surface area contributed by atoms with Gasteiger partial charge in [-0.2, -0.15) is 5.10 Å². The lowest BCUT2D eigenvalue weighted by atomic mass is 10.1. The van der Waals surface area contributed by atoms with Crippen molar-refractivity contribution in [3.63, 3.8) is 0 Å². The van der Waals surface area contributed by atoms with Crippen LogP contribution < -0.4 is 5.32 Å². The van der Waals surface area contributed by atoms with Gasteiger partial charge in [0, 0.05) is 24.3 Å². The highest BCUT2D eigenvalue weighted by molar-refractivity contribution is 5.92. The predicted molar refractivity (Wildman–Crippen MR) is 102 cm³/mol. The van der Waals surface area contributed by atoms with Gasteiger partial charge < -0.3 is 10.2 Å². The summed E-state index contributed by atoms with van der Waals surface area (Å²) in [6.45, 7) is 1.77. The molecular formula is C21H26F2N4O. The molecule has 1 aromatic heterocycles. The van der Waals surface area contributed by atoms with E-state index in [1.54, 1.807) is 11.0 Å². The Balaban J connectivity index is 1.58. The van der Waals surface area contributed by atoms with Gasteiger partial charge in [0.1, 0.15) is 17.3 Å². The zero-order valence-corrected chi connectivity index (χ0v) is 15.9. The van der Waals surface area contributed by atoms with E-state index in [2.05, 4.69) is 10.4 Å². The van der Waals surface area contributed by atoms with Crippen LogP contribution in [0.2, 0.25) is 0 Å². The summed E-state index contributed by atoms with van der Waals surface area (Å²) >= 11 is 0. The molecule has 1 N–H and O–H groups in total. The Labute approximate surface area is 163 Å². The van der Waals surface area contributed by atoms with Crippen LogP contribution in [0.5, 0.6) is 0 Å². The maximum Gasteiger partial charge on any atom is 0.274 e. The van der Waals surface area contributed by atoms with E-state index < -0.39 is 11.6 Å². The van der Waals surface area contributed by atoms with E-state index in [1.807, 2.05) is 10.9 Å². The molecule has 0 bridgehead atoms. The molecule has 4 rings (SSSR count). The summed E-state index contributed by atoms with van der Waals surface area (Å²) < 4.78 is 30.3. The van der Waals surface area contributed by atoms with Gasteiger partial charge >= 0.3 is 0 Å². The lowest BCUT2D eigenvalue weighted by Crippen LogP contribution is -2.39. The summed E-state index contributed by atoms with van der Waals surface area (Å²) in [6.07, 6.45) is 7.70. The maximum atomic E-state index is 14.2. The van der Waals surface area contributed by atoms with Crippen molar-refractivity contribution in [2.75, 3.05) is 13.1 Å². The summed E-state index contributed by atoms with van der Waals surface area (Å²) in [5.41, 5.74) is 0.285. The first-order valence-electron chi connectivity index (χ1n) is 10.1. The molecule has 2 fully saturated rings. The molecule has 1 aliphatic carbocycles. The van der Waals surface area contributed by atoms with Crippen molar-refractivity contribution in [3.05, 3.63) is 53.4 Å². The number of amides is 1. The van der Waals surface area contributed by atoms with Crippen LogP contribution in [0.1, 0.15) is 60.6 Å². The fraction of sp³-hybridized carbons (Fsp3) is 0.524. The average Bonchev–Trinajstić information content (AvgIpc) is 3.40. The molecule has 2 aliphatic rings. The van der Waals surface area contributed by atoms with Crippen LogP contribution in [0.15, 0.2) is 30.5 Å². The molecule has 1 saturated heterocycles. The third kappa shape index (κ3) is 3.94. The number of nitrogens with zero attached hydrogens (tertiary/aromatic N) is 3. The first kappa shape index (κ1) is 19.1. The number of rotatable bonds is 5. The molecule has 1 saturated carbocycles. The smallest absolute Gasteiger partial charge is 0.274 e. The highest BCUT2D eigenvalue weighted by atomic mass is 19.1. The fourth-order valence-electron chi connectivity index (χ4n) is 4.30. The van der Waals surface area contributed by atoms with E-state index in [9.17, 15) is 13.6 Å². The van der Waals surface area contributed by atoms with E-state index in [-0.39, 0.29) is 30.1 Å². The van der Waals surface area contributed by atoms with Crippen LogP contribution in [-0.4, -0.2) is 39.7 Å². The number of piperidine rings is 1. The number of nitrogens with one attached hydrogen (secondary N) is 1. The molecule has 28 heavy (non-hydrogen) atoms. The van der Waals surface area contributed by atoms with Gasteiger partial charge in [0.05, 0.1) is 12.6 Å². The van der Waals surface area contributed by atoms with Crippen molar-refractivity contribution >= 4 is 5.91 Å². The molecule has 1 aliphatic heterocycles. The minimum Gasteiger partial charge on any atom is -0.330 e. The van der Waals surface area contributed by atoms with Crippen LogP contribution in [-0.2, 0) is 6.54 Å². The second-order valence-electron chi connectivity index (χ2n) is 7.75. The minimum absolute atomic E-state index is 0.00648. The van der Waals surface area contributed by atoms with Crippen molar-refractivity contribution in [2.45, 2.75) is 57.2 Å². The summed E-state index contributed by atoms with van der Waals surface area (Å²) in [5, 5.41) is 7.86. The standard InChI is InChI=1S/C21H26F2N4O/c22-18-8-3-9-19(23)17(18)14-26(15-5-1-2-6-15)21(28)20-10-12-27(25-20)16-7-4-11-24-13-16/h3,8-10,12,15-16,24H,1-2,4-7,11,13-14H2. The fourth-order valence-corrected chi connectivity index (χ4v) is 4.30. The largest absolute Gasteiger partial charge is 0.330 e. The summed E-state index contributed by atoms with van der Waals surface area (Å²) in [4.78, 5) is 14.9. The Bertz CT molecular complexity index is 805. The molecule has 0 radical (unpaired) electrons. The second kappa shape index (κ2) is 8.39. The molecule has 2 heterocycles. The topological polar surface area (TPSA) is 50.2 Å². The monoisotopic (exact) mass is 388 g/mol. The summed E-state index contributed by atoms with van der Waals surface area (Å²) in [6, 6.07) is 5.76. The molecule has 1 atom stereocenters. The lowest BCUT2D eigenvalue weighted by molar-refractivity contribution is 0.0652. The number of carbonyl (C=O) groups is 1. The van der Waals surface area contributed by atoms with Gasteiger partial charge in [-0.15, -0.1) is 0 Å². The molecule has 1 aromatic carbocycles. The highest BCUT2D eigenvalue weighted by Crippen LogP contribution is 2.28.